The first-order chi connectivity index (χ1) is 12.5. The van der Waals surface area contributed by atoms with Crippen molar-refractivity contribution in [3.63, 3.8) is 0 Å². The molecule has 7 nitrogen and oxygen atoms in total. The van der Waals surface area contributed by atoms with E-state index >= 15 is 0 Å². The van der Waals surface area contributed by atoms with E-state index in [4.69, 9.17) is 14.0 Å². The lowest BCUT2D eigenvalue weighted by molar-refractivity contribution is -0.128. The van der Waals surface area contributed by atoms with Crippen LogP contribution in [0.15, 0.2) is 22.7 Å². The number of methoxy groups -OCH3 is 2. The highest BCUT2D eigenvalue weighted by atomic mass is 16.5. The summed E-state index contributed by atoms with van der Waals surface area (Å²) in [6.45, 7) is 4.04. The predicted octanol–water partition coefficient (Wildman–Crippen LogP) is 3.37. The summed E-state index contributed by atoms with van der Waals surface area (Å²) in [6.07, 6.45) is 3.03. The molecular formula is C19H25N3O4. The highest BCUT2D eigenvalue weighted by molar-refractivity contribution is 5.79. The minimum atomic E-state index is -0.301. The summed E-state index contributed by atoms with van der Waals surface area (Å²) in [7, 11) is 3.16. The molecule has 1 N–H and O–H groups in total. The molecule has 1 aromatic carbocycles. The number of hydrogen-bond acceptors (Lipinski definition) is 6. The monoisotopic (exact) mass is 359 g/mol. The van der Waals surface area contributed by atoms with Crippen LogP contribution >= 0.6 is 0 Å². The van der Waals surface area contributed by atoms with Crippen molar-refractivity contribution in [3.8, 4) is 22.9 Å². The van der Waals surface area contributed by atoms with E-state index in [1.807, 2.05) is 19.9 Å². The van der Waals surface area contributed by atoms with Crippen molar-refractivity contribution in [3.05, 3.63) is 24.1 Å². The van der Waals surface area contributed by atoms with Crippen LogP contribution in [0.2, 0.25) is 0 Å². The molecule has 1 aliphatic carbocycles. The van der Waals surface area contributed by atoms with Gasteiger partial charge in [0, 0.05) is 11.5 Å². The molecule has 7 heteroatoms. The molecule has 1 fully saturated rings. The first kappa shape index (κ1) is 18.2. The average Bonchev–Trinajstić information content (AvgIpc) is 3.06. The number of nitrogens with zero attached hydrogens (tertiary/aromatic N) is 2. The van der Waals surface area contributed by atoms with Crippen LogP contribution in [0.3, 0.4) is 0 Å². The van der Waals surface area contributed by atoms with Crippen molar-refractivity contribution in [2.24, 2.45) is 11.8 Å². The average molecular weight is 359 g/mol. The van der Waals surface area contributed by atoms with E-state index in [0.29, 0.717) is 23.2 Å². The fourth-order valence-corrected chi connectivity index (χ4v) is 2.91. The van der Waals surface area contributed by atoms with E-state index in [1.54, 1.807) is 26.4 Å². The fraction of sp³-hybridized carbons (Fsp3) is 0.526. The van der Waals surface area contributed by atoms with Crippen LogP contribution < -0.4 is 14.8 Å². The number of aromatic nitrogens is 2. The zero-order chi connectivity index (χ0) is 18.7. The smallest absolute Gasteiger partial charge is 0.249 e. The summed E-state index contributed by atoms with van der Waals surface area (Å²) in [5, 5.41) is 7.13. The van der Waals surface area contributed by atoms with Gasteiger partial charge in [0.1, 0.15) is 6.04 Å². The second-order valence-electron chi connectivity index (χ2n) is 6.88. The highest BCUT2D eigenvalue weighted by Crippen LogP contribution is 2.32. The van der Waals surface area contributed by atoms with E-state index in [9.17, 15) is 4.79 Å². The Labute approximate surface area is 153 Å². The molecular weight excluding hydrogens is 334 g/mol. The van der Waals surface area contributed by atoms with Gasteiger partial charge in [0.2, 0.25) is 17.6 Å². The van der Waals surface area contributed by atoms with Crippen molar-refractivity contribution in [2.45, 2.75) is 39.2 Å². The van der Waals surface area contributed by atoms with Gasteiger partial charge in [-0.25, -0.2) is 0 Å². The maximum Gasteiger partial charge on any atom is 0.249 e. The number of amides is 1. The second kappa shape index (κ2) is 7.76. The van der Waals surface area contributed by atoms with Gasteiger partial charge in [-0.05, 0) is 37.0 Å². The third-order valence-electron chi connectivity index (χ3n) is 4.79. The molecule has 1 atom stereocenters. The van der Waals surface area contributed by atoms with E-state index in [0.717, 1.165) is 24.8 Å². The molecule has 26 heavy (non-hydrogen) atoms. The molecule has 1 saturated carbocycles. The van der Waals surface area contributed by atoms with Gasteiger partial charge < -0.3 is 19.3 Å². The van der Waals surface area contributed by atoms with E-state index in [-0.39, 0.29) is 23.8 Å². The summed E-state index contributed by atoms with van der Waals surface area (Å²) in [5.41, 5.74) is 0.755. The summed E-state index contributed by atoms with van der Waals surface area (Å²) >= 11 is 0. The van der Waals surface area contributed by atoms with Crippen LogP contribution in [-0.4, -0.2) is 30.3 Å². The van der Waals surface area contributed by atoms with Gasteiger partial charge in [0.15, 0.2) is 11.5 Å². The largest absolute Gasteiger partial charge is 0.493 e. The molecule has 0 radical (unpaired) electrons. The number of ether oxygens (including phenoxy) is 2. The zero-order valence-electron chi connectivity index (χ0n) is 15.6. The van der Waals surface area contributed by atoms with Gasteiger partial charge in [0.05, 0.1) is 14.2 Å². The third kappa shape index (κ3) is 3.66. The lowest BCUT2D eigenvalue weighted by Crippen LogP contribution is -2.38. The summed E-state index contributed by atoms with van der Waals surface area (Å²) in [4.78, 5) is 16.8. The maximum atomic E-state index is 12.3. The number of carbonyl (C=O) groups is 1. The van der Waals surface area contributed by atoms with Crippen molar-refractivity contribution in [1.29, 1.82) is 0 Å². The molecule has 1 aromatic heterocycles. The molecule has 2 aromatic rings. The van der Waals surface area contributed by atoms with Gasteiger partial charge in [-0.2, -0.15) is 4.98 Å². The Morgan fingerprint density at radius 3 is 2.54 bits per heavy atom. The molecule has 3 rings (SSSR count). The minimum absolute atomic E-state index is 0.0702. The second-order valence-corrected chi connectivity index (χ2v) is 6.88. The van der Waals surface area contributed by atoms with Crippen LogP contribution in [0.4, 0.5) is 0 Å². The number of benzene rings is 1. The van der Waals surface area contributed by atoms with E-state index in [1.165, 1.54) is 0 Å². The van der Waals surface area contributed by atoms with Crippen LogP contribution in [0.1, 0.15) is 45.0 Å². The Morgan fingerprint density at radius 2 is 1.96 bits per heavy atom. The van der Waals surface area contributed by atoms with Crippen LogP contribution in [0.25, 0.3) is 11.4 Å². The normalized spacial score (nSPS) is 15.4. The van der Waals surface area contributed by atoms with Crippen molar-refractivity contribution >= 4 is 5.91 Å². The Kier molecular flexibility index (Phi) is 5.44. The maximum absolute atomic E-state index is 12.3. The first-order valence-electron chi connectivity index (χ1n) is 8.89. The SMILES string of the molecule is COc1ccc(-c2noc(C(NC(=O)C3CCC3)C(C)C)n2)cc1OC. The van der Waals surface area contributed by atoms with E-state index in [2.05, 4.69) is 15.5 Å². The quantitative estimate of drug-likeness (QED) is 0.816. The summed E-state index contributed by atoms with van der Waals surface area (Å²) in [6, 6.07) is 5.13. The van der Waals surface area contributed by atoms with Gasteiger partial charge in [-0.15, -0.1) is 0 Å². The number of rotatable bonds is 7. The van der Waals surface area contributed by atoms with Crippen LogP contribution in [0, 0.1) is 11.8 Å². The zero-order valence-corrected chi connectivity index (χ0v) is 15.6. The topological polar surface area (TPSA) is 86.5 Å². The molecule has 0 bridgehead atoms. The van der Waals surface area contributed by atoms with Gasteiger partial charge in [0.25, 0.3) is 0 Å². The van der Waals surface area contributed by atoms with E-state index < -0.39 is 0 Å². The number of nitrogens with one attached hydrogen (secondary N) is 1. The van der Waals surface area contributed by atoms with Gasteiger partial charge in [-0.3, -0.25) is 4.79 Å². The predicted molar refractivity (Wildman–Crippen MR) is 95.9 cm³/mol. The number of hydrogen-bond donors (Lipinski definition) is 1. The molecule has 0 aliphatic heterocycles. The van der Waals surface area contributed by atoms with Crippen molar-refractivity contribution in [2.75, 3.05) is 14.2 Å². The Morgan fingerprint density at radius 1 is 1.23 bits per heavy atom. The molecule has 1 amide bonds. The summed E-state index contributed by atoms with van der Waals surface area (Å²) < 4.78 is 16.0. The first-order valence-corrected chi connectivity index (χ1v) is 8.89. The molecule has 140 valence electrons. The highest BCUT2D eigenvalue weighted by Gasteiger charge is 2.31. The Bertz CT molecular complexity index is 768. The lowest BCUT2D eigenvalue weighted by Gasteiger charge is -2.27. The van der Waals surface area contributed by atoms with Crippen LogP contribution in [0.5, 0.6) is 11.5 Å². The summed E-state index contributed by atoms with van der Waals surface area (Å²) in [5.74, 6) is 2.41. The van der Waals surface area contributed by atoms with Crippen molar-refractivity contribution in [1.82, 2.24) is 15.5 Å². The molecule has 1 heterocycles. The Balaban J connectivity index is 1.81. The lowest BCUT2D eigenvalue weighted by atomic mass is 9.84. The molecule has 0 spiro atoms. The molecule has 1 aliphatic rings. The van der Waals surface area contributed by atoms with Crippen molar-refractivity contribution < 1.29 is 18.8 Å². The van der Waals surface area contributed by atoms with Gasteiger partial charge >= 0.3 is 0 Å². The minimum Gasteiger partial charge on any atom is -0.493 e. The molecule has 1 unspecified atom stereocenters. The molecule has 0 saturated heterocycles. The Hall–Kier alpha value is -2.57. The van der Waals surface area contributed by atoms with Gasteiger partial charge in [-0.1, -0.05) is 25.4 Å². The number of carbonyl (C=O) groups excluding carboxylic acids is 1. The fourth-order valence-electron chi connectivity index (χ4n) is 2.91. The van der Waals surface area contributed by atoms with Crippen LogP contribution in [-0.2, 0) is 4.79 Å². The third-order valence-corrected chi connectivity index (χ3v) is 4.79. The standard InChI is InChI=1S/C19H25N3O4/c1-11(2)16(20-18(23)12-6-5-7-12)19-21-17(22-26-19)13-8-9-14(24-3)15(10-13)25-4/h8-12,16H,5-7H2,1-4H3,(H,20,23).